The van der Waals surface area contributed by atoms with Crippen molar-refractivity contribution in [1.82, 2.24) is 5.16 Å². The number of benzene rings is 1. The molecule has 3 aliphatic rings. The van der Waals surface area contributed by atoms with Crippen molar-refractivity contribution in [3.05, 3.63) is 39.6 Å². The Bertz CT molecular complexity index is 1210. The number of nitrogens with zero attached hydrogens (tertiary/aromatic N) is 3. The number of hydrogen-bond acceptors (Lipinski definition) is 6. The molecule has 1 aromatic heterocycles. The molecule has 1 saturated heterocycles. The average molecular weight is 502 g/mol. The van der Waals surface area contributed by atoms with E-state index in [1.54, 1.807) is 6.92 Å². The lowest BCUT2D eigenvalue weighted by Crippen LogP contribution is -2.44. The van der Waals surface area contributed by atoms with Crippen LogP contribution in [0.3, 0.4) is 0 Å². The molecule has 0 bridgehead atoms. The van der Waals surface area contributed by atoms with Crippen molar-refractivity contribution in [2.24, 2.45) is 4.40 Å². The maximum atomic E-state index is 13.6. The summed E-state index contributed by atoms with van der Waals surface area (Å²) < 4.78 is 43.0. The van der Waals surface area contributed by atoms with Gasteiger partial charge in [-0.1, -0.05) is 25.1 Å². The van der Waals surface area contributed by atoms with E-state index >= 15 is 0 Å². The summed E-state index contributed by atoms with van der Waals surface area (Å²) in [6, 6.07) is 0.958. The fourth-order valence-electron chi connectivity index (χ4n) is 5.71. The van der Waals surface area contributed by atoms with Crippen molar-refractivity contribution in [1.29, 1.82) is 0 Å². The van der Waals surface area contributed by atoms with Gasteiger partial charge in [0.2, 0.25) is 5.88 Å². The number of nitrogens with one attached hydrogen (secondary N) is 1. The van der Waals surface area contributed by atoms with Crippen LogP contribution in [0.1, 0.15) is 79.0 Å². The largest absolute Gasteiger partial charge is 0.845 e. The summed E-state index contributed by atoms with van der Waals surface area (Å²) in [6.07, 6.45) is 6.78. The minimum atomic E-state index is -4.40. The van der Waals surface area contributed by atoms with Gasteiger partial charge in [-0.3, -0.25) is 0 Å². The van der Waals surface area contributed by atoms with E-state index in [1.165, 1.54) is 11.1 Å². The molecule has 2 heterocycles. The molecule has 0 spiro atoms. The molecule has 1 aliphatic heterocycles. The van der Waals surface area contributed by atoms with Gasteiger partial charge in [-0.05, 0) is 86.5 Å². The van der Waals surface area contributed by atoms with Crippen LogP contribution in [0.4, 0.5) is 11.6 Å². The standard InChI is InChI=1S/C25H34N4O5S/c1-15(2)22-16(3)24(34-27-22)29(19-10-12-33-13-11-19)35(31,32)28-25(30)26-23-20-8-4-6-17(20)14-18-7-5-9-21(18)23/h14-15,19H,4-13H2,1-3H3,(H2,26,28,30)/p-1. The Morgan fingerprint density at radius 2 is 1.77 bits per heavy atom. The summed E-state index contributed by atoms with van der Waals surface area (Å²) in [6.45, 7) is 6.58. The molecule has 10 heteroatoms. The Hall–Kier alpha value is -2.59. The predicted molar refractivity (Wildman–Crippen MR) is 132 cm³/mol. The normalized spacial score (nSPS) is 18.7. The van der Waals surface area contributed by atoms with Gasteiger partial charge in [-0.25, -0.2) is 4.31 Å². The molecule has 0 unspecified atom stereocenters. The van der Waals surface area contributed by atoms with Crippen LogP contribution in [0, 0.1) is 6.92 Å². The molecule has 0 radical (unpaired) electrons. The Labute approximate surface area is 206 Å². The maximum Gasteiger partial charge on any atom is 0.348 e. The van der Waals surface area contributed by atoms with Gasteiger partial charge in [0.1, 0.15) is 0 Å². The van der Waals surface area contributed by atoms with Crippen LogP contribution in [0.5, 0.6) is 0 Å². The molecule has 0 saturated carbocycles. The fourth-order valence-corrected chi connectivity index (χ4v) is 7.02. The van der Waals surface area contributed by atoms with Crippen LogP contribution in [0.25, 0.3) is 0 Å². The predicted octanol–water partition coefficient (Wildman–Crippen LogP) is 3.14. The molecule has 5 rings (SSSR count). The molecule has 9 nitrogen and oxygen atoms in total. The number of hydrogen-bond donors (Lipinski definition) is 1. The fraction of sp³-hybridized carbons (Fsp3) is 0.600. The van der Waals surface area contributed by atoms with E-state index in [0.717, 1.165) is 59.6 Å². The van der Waals surface area contributed by atoms with Gasteiger partial charge in [0, 0.05) is 24.5 Å². The summed E-state index contributed by atoms with van der Waals surface area (Å²) in [7, 11) is -4.40. The van der Waals surface area contributed by atoms with Crippen molar-refractivity contribution in [3.63, 3.8) is 0 Å². The highest BCUT2D eigenvalue weighted by atomic mass is 32.2. The summed E-state index contributed by atoms with van der Waals surface area (Å²) in [4.78, 5) is 0. The number of ether oxygens (including phenoxy) is 1. The molecule has 0 amide bonds. The van der Waals surface area contributed by atoms with E-state index in [4.69, 9.17) is 9.26 Å². The molecule has 190 valence electrons. The highest BCUT2D eigenvalue weighted by molar-refractivity contribution is 7.91. The Balaban J connectivity index is 1.51. The third kappa shape index (κ3) is 4.53. The third-order valence-corrected chi connectivity index (χ3v) is 8.71. The number of rotatable bonds is 6. The summed E-state index contributed by atoms with van der Waals surface area (Å²) >= 11 is 0. The van der Waals surface area contributed by atoms with Crippen molar-refractivity contribution >= 4 is 27.8 Å². The second-order valence-electron chi connectivity index (χ2n) is 10.0. The Morgan fingerprint density at radius 3 is 2.34 bits per heavy atom. The minimum absolute atomic E-state index is 0.0641. The summed E-state index contributed by atoms with van der Waals surface area (Å²) in [5, 5.41) is 20.1. The van der Waals surface area contributed by atoms with Gasteiger partial charge in [-0.2, -0.15) is 8.42 Å². The maximum absolute atomic E-state index is 13.6. The second kappa shape index (κ2) is 9.46. The zero-order valence-corrected chi connectivity index (χ0v) is 21.4. The van der Waals surface area contributed by atoms with Gasteiger partial charge in [0.15, 0.2) is 0 Å². The van der Waals surface area contributed by atoms with Crippen LogP contribution in [-0.2, 0) is 40.6 Å². The quantitative estimate of drug-likeness (QED) is 0.477. The molecule has 1 N–H and O–H groups in total. The van der Waals surface area contributed by atoms with Gasteiger partial charge < -0.3 is 19.7 Å². The molecule has 0 atom stereocenters. The van der Waals surface area contributed by atoms with Crippen molar-refractivity contribution in [3.8, 4) is 0 Å². The number of aryl methyl sites for hydroxylation is 2. The van der Waals surface area contributed by atoms with E-state index < -0.39 is 22.3 Å². The third-order valence-electron chi connectivity index (χ3n) is 7.36. The highest BCUT2D eigenvalue weighted by Crippen LogP contribution is 2.39. The number of anilines is 2. The summed E-state index contributed by atoms with van der Waals surface area (Å²) in [5.41, 5.74) is 6.86. The van der Waals surface area contributed by atoms with Crippen LogP contribution < -0.4 is 14.7 Å². The molecule has 1 fully saturated rings. The van der Waals surface area contributed by atoms with Crippen molar-refractivity contribution in [2.45, 2.75) is 84.1 Å². The van der Waals surface area contributed by atoms with Crippen LogP contribution in [0.2, 0.25) is 0 Å². The number of aromatic nitrogens is 1. The van der Waals surface area contributed by atoms with Gasteiger partial charge in [-0.15, -0.1) is 4.40 Å². The first-order valence-corrected chi connectivity index (χ1v) is 13.9. The zero-order chi connectivity index (χ0) is 24.7. The smallest absolute Gasteiger partial charge is 0.348 e. The van der Waals surface area contributed by atoms with Gasteiger partial charge >= 0.3 is 10.2 Å². The highest BCUT2D eigenvalue weighted by Gasteiger charge is 2.36. The molecule has 2 aliphatic carbocycles. The average Bonchev–Trinajstić information content (AvgIpc) is 3.54. The summed E-state index contributed by atoms with van der Waals surface area (Å²) in [5.74, 6) is 0.188. The molecule has 2 aromatic rings. The minimum Gasteiger partial charge on any atom is -0.845 e. The van der Waals surface area contributed by atoms with Crippen molar-refractivity contribution < 1.29 is 22.8 Å². The number of fused-ring (bicyclic) bond motifs is 2. The van der Waals surface area contributed by atoms with E-state index in [1.807, 2.05) is 13.8 Å². The first kappa shape index (κ1) is 24.1. The second-order valence-corrected chi connectivity index (χ2v) is 11.5. The molecular weight excluding hydrogens is 468 g/mol. The van der Waals surface area contributed by atoms with Crippen molar-refractivity contribution in [2.75, 3.05) is 22.8 Å². The number of amidine groups is 1. The SMILES string of the molecule is Cc1c(C(C)C)noc1N(C1CCOCC1)S(=O)(=O)/N=C(\[O-])Nc1c2c(cc3c1CCC3)CCC2. The lowest BCUT2D eigenvalue weighted by atomic mass is 9.99. The van der Waals surface area contributed by atoms with Crippen LogP contribution in [0.15, 0.2) is 15.0 Å². The van der Waals surface area contributed by atoms with Crippen LogP contribution >= 0.6 is 0 Å². The molecular formula is C25H33N4O5S-. The van der Waals surface area contributed by atoms with Gasteiger partial charge in [0.25, 0.3) is 0 Å². The zero-order valence-electron chi connectivity index (χ0n) is 20.6. The van der Waals surface area contributed by atoms with E-state index in [-0.39, 0.29) is 11.8 Å². The topological polar surface area (TPSA) is 120 Å². The van der Waals surface area contributed by atoms with E-state index in [9.17, 15) is 13.5 Å². The lowest BCUT2D eigenvalue weighted by Gasteiger charge is -2.32. The molecule has 35 heavy (non-hydrogen) atoms. The Morgan fingerprint density at radius 1 is 1.14 bits per heavy atom. The molecule has 1 aromatic carbocycles. The monoisotopic (exact) mass is 501 g/mol. The van der Waals surface area contributed by atoms with Gasteiger partial charge in [0.05, 0.1) is 17.8 Å². The first-order valence-electron chi connectivity index (χ1n) is 12.5. The van der Waals surface area contributed by atoms with Crippen LogP contribution in [-0.4, -0.2) is 38.9 Å². The Kier molecular flexibility index (Phi) is 6.52. The van der Waals surface area contributed by atoms with E-state index in [2.05, 4.69) is 20.9 Å². The van der Waals surface area contributed by atoms with E-state index in [0.29, 0.717) is 37.3 Å². The lowest BCUT2D eigenvalue weighted by molar-refractivity contribution is -0.213. The first-order chi connectivity index (χ1) is 16.8.